The largest absolute Gasteiger partial charge is 0.489 e. The molecule has 4 aromatic rings. The molecule has 3 aromatic carbocycles. The Morgan fingerprint density at radius 2 is 1.79 bits per heavy atom. The van der Waals surface area contributed by atoms with Crippen LogP contribution in [-0.2, 0) is 19.6 Å². The van der Waals surface area contributed by atoms with Gasteiger partial charge in [0.15, 0.2) is 0 Å². The number of hydrogen-bond donors (Lipinski definition) is 2. The minimum atomic E-state index is 0.536. The Bertz CT molecular complexity index is 1010. The summed E-state index contributed by atoms with van der Waals surface area (Å²) in [7, 11) is 0. The van der Waals surface area contributed by atoms with Crippen molar-refractivity contribution in [2.24, 2.45) is 0 Å². The molecule has 0 aliphatic heterocycles. The van der Waals surface area contributed by atoms with Crippen molar-refractivity contribution in [1.82, 2.24) is 15.3 Å². The number of nitrogens with zero attached hydrogens (tertiary/aromatic N) is 1. The monoisotopic (exact) mass is 391 g/mol. The summed E-state index contributed by atoms with van der Waals surface area (Å²) in [6.45, 7) is 2.03. The van der Waals surface area contributed by atoms with Crippen LogP contribution in [0.3, 0.4) is 0 Å². The molecule has 0 fully saturated rings. The normalized spacial score (nSPS) is 11.0. The number of hydrogen-bond acceptors (Lipinski definition) is 3. The Morgan fingerprint density at radius 3 is 2.64 bits per heavy atom. The van der Waals surface area contributed by atoms with Gasteiger partial charge in [-0.15, -0.1) is 0 Å². The van der Waals surface area contributed by atoms with E-state index in [9.17, 15) is 0 Å². The van der Waals surface area contributed by atoms with E-state index in [1.807, 2.05) is 60.7 Å². The predicted octanol–water partition coefficient (Wildman–Crippen LogP) is 5.13. The molecule has 2 N–H and O–H groups in total. The quantitative estimate of drug-likeness (QED) is 0.409. The van der Waals surface area contributed by atoms with Gasteiger partial charge in [-0.2, -0.15) is 0 Å². The number of nitrogens with one attached hydrogen (secondary N) is 2. The molecule has 5 heteroatoms. The van der Waals surface area contributed by atoms with E-state index in [4.69, 9.17) is 16.3 Å². The van der Waals surface area contributed by atoms with E-state index in [2.05, 4.69) is 27.4 Å². The molecular weight excluding hydrogens is 370 g/mol. The van der Waals surface area contributed by atoms with Crippen LogP contribution in [0.25, 0.3) is 11.0 Å². The number of ether oxygens (including phenoxy) is 1. The fraction of sp³-hybridized carbons (Fsp3) is 0.174. The molecule has 0 spiro atoms. The van der Waals surface area contributed by atoms with Crippen molar-refractivity contribution in [3.05, 3.63) is 94.8 Å². The van der Waals surface area contributed by atoms with Gasteiger partial charge in [0.1, 0.15) is 18.2 Å². The van der Waals surface area contributed by atoms with E-state index in [-0.39, 0.29) is 0 Å². The fourth-order valence-electron chi connectivity index (χ4n) is 3.12. The first kappa shape index (κ1) is 18.5. The van der Waals surface area contributed by atoms with Crippen molar-refractivity contribution in [3.8, 4) is 5.75 Å². The lowest BCUT2D eigenvalue weighted by Gasteiger charge is -2.13. The zero-order valence-electron chi connectivity index (χ0n) is 15.5. The van der Waals surface area contributed by atoms with E-state index in [0.29, 0.717) is 18.2 Å². The second-order valence-electron chi connectivity index (χ2n) is 6.65. The number of aromatic nitrogens is 2. The van der Waals surface area contributed by atoms with Crippen molar-refractivity contribution in [3.63, 3.8) is 0 Å². The molecule has 0 amide bonds. The maximum absolute atomic E-state index is 6.19. The van der Waals surface area contributed by atoms with Gasteiger partial charge in [-0.3, -0.25) is 0 Å². The van der Waals surface area contributed by atoms with Crippen LogP contribution in [0.5, 0.6) is 5.75 Å². The summed E-state index contributed by atoms with van der Waals surface area (Å²) in [5, 5.41) is 4.17. The molecular formula is C23H22ClN3O. The molecule has 0 radical (unpaired) electrons. The van der Waals surface area contributed by atoms with Gasteiger partial charge in [-0.05, 0) is 35.9 Å². The van der Waals surface area contributed by atoms with Crippen molar-refractivity contribution < 1.29 is 4.74 Å². The zero-order valence-corrected chi connectivity index (χ0v) is 16.2. The number of halogens is 1. The van der Waals surface area contributed by atoms with E-state index >= 15 is 0 Å². The van der Waals surface area contributed by atoms with Crippen LogP contribution in [0.1, 0.15) is 17.0 Å². The van der Waals surface area contributed by atoms with Crippen LogP contribution in [0, 0.1) is 0 Å². The molecule has 28 heavy (non-hydrogen) atoms. The summed E-state index contributed by atoms with van der Waals surface area (Å²) in [4.78, 5) is 7.97. The van der Waals surface area contributed by atoms with Gasteiger partial charge in [0.2, 0.25) is 0 Å². The molecule has 0 aliphatic carbocycles. The Hall–Kier alpha value is -2.82. The van der Waals surface area contributed by atoms with Gasteiger partial charge in [0.25, 0.3) is 0 Å². The molecule has 0 bridgehead atoms. The van der Waals surface area contributed by atoms with Gasteiger partial charge in [0, 0.05) is 30.1 Å². The molecule has 0 saturated carbocycles. The van der Waals surface area contributed by atoms with Crippen molar-refractivity contribution in [1.29, 1.82) is 0 Å². The summed E-state index contributed by atoms with van der Waals surface area (Å²) in [5.41, 5.74) is 4.27. The standard InChI is InChI=1S/C23H22ClN3O/c24-19-10-11-22(28-16-17-6-2-1-3-7-17)18(14-19)15-25-13-12-23-26-20-8-4-5-9-21(20)27-23/h1-11,14,25H,12-13,15-16H2,(H,26,27). The number of H-pyrrole nitrogens is 1. The third-order valence-electron chi connectivity index (χ3n) is 4.55. The average molecular weight is 392 g/mol. The highest BCUT2D eigenvalue weighted by atomic mass is 35.5. The summed E-state index contributed by atoms with van der Waals surface area (Å²) < 4.78 is 6.02. The van der Waals surface area contributed by atoms with Gasteiger partial charge >= 0.3 is 0 Å². The number of imidazole rings is 1. The lowest BCUT2D eigenvalue weighted by molar-refractivity contribution is 0.302. The van der Waals surface area contributed by atoms with Crippen molar-refractivity contribution in [2.45, 2.75) is 19.6 Å². The van der Waals surface area contributed by atoms with Crippen LogP contribution in [0.4, 0.5) is 0 Å². The second kappa shape index (κ2) is 8.91. The molecule has 0 aliphatic rings. The number of fused-ring (bicyclic) bond motifs is 1. The lowest BCUT2D eigenvalue weighted by Crippen LogP contribution is -2.17. The van der Waals surface area contributed by atoms with E-state index in [1.165, 1.54) is 0 Å². The molecule has 4 rings (SSSR count). The Balaban J connectivity index is 1.33. The smallest absolute Gasteiger partial charge is 0.124 e. The Labute approximate surface area is 169 Å². The predicted molar refractivity (Wildman–Crippen MR) is 114 cm³/mol. The topological polar surface area (TPSA) is 49.9 Å². The highest BCUT2D eigenvalue weighted by Crippen LogP contribution is 2.24. The SMILES string of the molecule is Clc1ccc(OCc2ccccc2)c(CNCCc2nc3ccccc3[nH]2)c1. The number of aromatic amines is 1. The van der Waals surface area contributed by atoms with Gasteiger partial charge in [-0.1, -0.05) is 54.1 Å². The molecule has 0 atom stereocenters. The van der Waals surface area contributed by atoms with Crippen molar-refractivity contribution >= 4 is 22.6 Å². The first-order valence-electron chi connectivity index (χ1n) is 9.37. The highest BCUT2D eigenvalue weighted by Gasteiger charge is 2.06. The Kier molecular flexibility index (Phi) is 5.90. The summed E-state index contributed by atoms with van der Waals surface area (Å²) in [5.74, 6) is 1.84. The number of rotatable bonds is 8. The first-order valence-corrected chi connectivity index (χ1v) is 9.75. The molecule has 0 saturated heterocycles. The summed E-state index contributed by atoms with van der Waals surface area (Å²) in [6, 6.07) is 24.0. The van der Waals surface area contributed by atoms with Crippen molar-refractivity contribution in [2.75, 3.05) is 6.54 Å². The van der Waals surface area contributed by atoms with E-state index in [0.717, 1.165) is 46.7 Å². The van der Waals surface area contributed by atoms with Crippen LogP contribution < -0.4 is 10.1 Å². The average Bonchev–Trinajstić information content (AvgIpc) is 3.14. The van der Waals surface area contributed by atoms with Crippen LogP contribution in [0.2, 0.25) is 5.02 Å². The van der Waals surface area contributed by atoms with Crippen LogP contribution in [-0.4, -0.2) is 16.5 Å². The van der Waals surface area contributed by atoms with E-state index in [1.54, 1.807) is 0 Å². The molecule has 142 valence electrons. The Morgan fingerprint density at radius 1 is 0.964 bits per heavy atom. The van der Waals surface area contributed by atoms with Crippen LogP contribution in [0.15, 0.2) is 72.8 Å². The molecule has 4 nitrogen and oxygen atoms in total. The third-order valence-corrected chi connectivity index (χ3v) is 4.79. The zero-order chi connectivity index (χ0) is 19.2. The maximum Gasteiger partial charge on any atom is 0.124 e. The van der Waals surface area contributed by atoms with Crippen LogP contribution >= 0.6 is 11.6 Å². The first-order chi connectivity index (χ1) is 13.8. The number of benzene rings is 3. The minimum absolute atomic E-state index is 0.536. The second-order valence-corrected chi connectivity index (χ2v) is 7.09. The minimum Gasteiger partial charge on any atom is -0.489 e. The molecule has 1 heterocycles. The summed E-state index contributed by atoms with van der Waals surface area (Å²) >= 11 is 6.19. The maximum atomic E-state index is 6.19. The van der Waals surface area contributed by atoms with Gasteiger partial charge in [-0.25, -0.2) is 4.98 Å². The fourth-order valence-corrected chi connectivity index (χ4v) is 3.31. The highest BCUT2D eigenvalue weighted by molar-refractivity contribution is 6.30. The van der Waals surface area contributed by atoms with Gasteiger partial charge < -0.3 is 15.0 Å². The molecule has 1 aromatic heterocycles. The van der Waals surface area contributed by atoms with E-state index < -0.39 is 0 Å². The van der Waals surface area contributed by atoms with Gasteiger partial charge in [0.05, 0.1) is 11.0 Å². The lowest BCUT2D eigenvalue weighted by atomic mass is 10.2. The number of para-hydroxylation sites is 2. The molecule has 0 unspecified atom stereocenters. The summed E-state index contributed by atoms with van der Waals surface area (Å²) in [6.07, 6.45) is 0.829. The third kappa shape index (κ3) is 4.71.